The van der Waals surface area contributed by atoms with Gasteiger partial charge >= 0.3 is 0 Å². The Labute approximate surface area is 138 Å². The predicted octanol–water partition coefficient (Wildman–Crippen LogP) is 3.44. The maximum Gasteiger partial charge on any atom is 0.195 e. The van der Waals surface area contributed by atoms with Crippen LogP contribution in [0.4, 0.5) is 5.69 Å². The lowest BCUT2D eigenvalue weighted by atomic mass is 10.0. The minimum atomic E-state index is -0.0845. The second-order valence-corrected chi connectivity index (χ2v) is 5.52. The van der Waals surface area contributed by atoms with Crippen molar-refractivity contribution >= 4 is 22.5 Å². The summed E-state index contributed by atoms with van der Waals surface area (Å²) >= 11 is 0. The lowest BCUT2D eigenvalue weighted by Crippen LogP contribution is -2.01. The summed E-state index contributed by atoms with van der Waals surface area (Å²) in [4.78, 5) is 24.4. The largest absolute Gasteiger partial charge is 0.399 e. The number of benzene rings is 1. The third-order valence-corrected chi connectivity index (χ3v) is 3.92. The molecule has 4 aromatic rings. The summed E-state index contributed by atoms with van der Waals surface area (Å²) in [5.41, 5.74) is 10.0. The lowest BCUT2D eigenvalue weighted by Gasteiger charge is -2.03. The van der Waals surface area contributed by atoms with Gasteiger partial charge in [0.05, 0.1) is 0 Å². The number of nitrogens with zero attached hydrogens (tertiary/aromatic N) is 2. The van der Waals surface area contributed by atoms with Crippen molar-refractivity contribution in [2.24, 2.45) is 0 Å². The quantitative estimate of drug-likeness (QED) is 0.448. The summed E-state index contributed by atoms with van der Waals surface area (Å²) in [5, 5.41) is 0.781. The van der Waals surface area contributed by atoms with Gasteiger partial charge in [-0.15, -0.1) is 0 Å². The maximum atomic E-state index is 12.8. The van der Waals surface area contributed by atoms with E-state index in [1.807, 2.05) is 18.2 Å². The average molecular weight is 314 g/mol. The van der Waals surface area contributed by atoms with Crippen molar-refractivity contribution in [3.8, 4) is 11.1 Å². The minimum absolute atomic E-state index is 0.0845. The molecular formula is C19H14N4O. The van der Waals surface area contributed by atoms with Gasteiger partial charge in [0.2, 0.25) is 0 Å². The van der Waals surface area contributed by atoms with E-state index in [-0.39, 0.29) is 5.78 Å². The summed E-state index contributed by atoms with van der Waals surface area (Å²) in [5.74, 6) is -0.0845. The zero-order chi connectivity index (χ0) is 16.5. The summed E-state index contributed by atoms with van der Waals surface area (Å²) in [6.07, 6.45) is 6.95. The molecule has 3 aromatic heterocycles. The van der Waals surface area contributed by atoms with Gasteiger partial charge in [-0.1, -0.05) is 18.2 Å². The van der Waals surface area contributed by atoms with Crippen LogP contribution in [0, 0.1) is 0 Å². The van der Waals surface area contributed by atoms with Crippen LogP contribution in [0.25, 0.3) is 22.2 Å². The molecule has 116 valence electrons. The van der Waals surface area contributed by atoms with Crippen molar-refractivity contribution < 1.29 is 4.79 Å². The van der Waals surface area contributed by atoms with Gasteiger partial charge in [0, 0.05) is 58.1 Å². The van der Waals surface area contributed by atoms with Gasteiger partial charge in [-0.3, -0.25) is 9.78 Å². The fraction of sp³-hybridized carbons (Fsp3) is 0. The maximum absolute atomic E-state index is 12.8. The highest BCUT2D eigenvalue weighted by Gasteiger charge is 2.15. The normalized spacial score (nSPS) is 10.8. The zero-order valence-electron chi connectivity index (χ0n) is 12.7. The Bertz CT molecular complexity index is 1040. The number of hydrogen-bond donors (Lipinski definition) is 2. The van der Waals surface area contributed by atoms with Crippen LogP contribution in [0.1, 0.15) is 15.9 Å². The molecule has 24 heavy (non-hydrogen) atoms. The average Bonchev–Trinajstić information content (AvgIpc) is 3.05. The fourth-order valence-electron chi connectivity index (χ4n) is 2.72. The van der Waals surface area contributed by atoms with Crippen molar-refractivity contribution in [1.82, 2.24) is 15.0 Å². The highest BCUT2D eigenvalue weighted by atomic mass is 16.1. The molecule has 5 nitrogen and oxygen atoms in total. The van der Waals surface area contributed by atoms with Crippen LogP contribution in [0.5, 0.6) is 0 Å². The number of anilines is 1. The molecule has 0 aliphatic carbocycles. The van der Waals surface area contributed by atoms with Crippen LogP contribution in [0.2, 0.25) is 0 Å². The molecule has 0 saturated carbocycles. The monoisotopic (exact) mass is 314 g/mol. The Morgan fingerprint density at radius 3 is 2.75 bits per heavy atom. The standard InChI is InChI=1S/C19H14N4O/c20-15-5-1-3-12(7-15)18(24)17-11-23-19-16(17)8-14(10-22-19)13-4-2-6-21-9-13/h1-11H,20H2,(H,22,23). The summed E-state index contributed by atoms with van der Waals surface area (Å²) in [7, 11) is 0. The van der Waals surface area contributed by atoms with Crippen LogP contribution in [-0.4, -0.2) is 20.7 Å². The zero-order valence-corrected chi connectivity index (χ0v) is 12.7. The highest BCUT2D eigenvalue weighted by Crippen LogP contribution is 2.26. The molecule has 5 heteroatoms. The van der Waals surface area contributed by atoms with Crippen molar-refractivity contribution in [2.75, 3.05) is 5.73 Å². The topological polar surface area (TPSA) is 84.7 Å². The Kier molecular flexibility index (Phi) is 3.31. The molecule has 4 rings (SSSR count). The van der Waals surface area contributed by atoms with Gasteiger partial charge < -0.3 is 10.7 Å². The third kappa shape index (κ3) is 2.42. The first-order valence-corrected chi connectivity index (χ1v) is 7.50. The van der Waals surface area contributed by atoms with Gasteiger partial charge in [0.25, 0.3) is 0 Å². The second kappa shape index (κ2) is 5.62. The number of fused-ring (bicyclic) bond motifs is 1. The van der Waals surface area contributed by atoms with Gasteiger partial charge in [0.15, 0.2) is 5.78 Å². The van der Waals surface area contributed by atoms with Gasteiger partial charge in [-0.25, -0.2) is 4.98 Å². The van der Waals surface area contributed by atoms with Crippen LogP contribution in [0.15, 0.2) is 67.3 Å². The van der Waals surface area contributed by atoms with Crippen molar-refractivity contribution in [3.05, 3.63) is 78.4 Å². The Morgan fingerprint density at radius 2 is 1.96 bits per heavy atom. The molecule has 3 N–H and O–H groups in total. The van der Waals surface area contributed by atoms with Gasteiger partial charge in [0.1, 0.15) is 5.65 Å². The van der Waals surface area contributed by atoms with E-state index in [9.17, 15) is 4.79 Å². The number of nitrogens with two attached hydrogens (primary N) is 1. The first kappa shape index (κ1) is 14.1. The number of H-pyrrole nitrogens is 1. The number of aromatic amines is 1. The molecule has 0 fully saturated rings. The molecule has 0 saturated heterocycles. The molecule has 3 heterocycles. The van der Waals surface area contributed by atoms with E-state index < -0.39 is 0 Å². The number of carbonyl (C=O) groups excluding carboxylic acids is 1. The Hall–Kier alpha value is -3.47. The predicted molar refractivity (Wildman–Crippen MR) is 93.6 cm³/mol. The molecule has 0 atom stereocenters. The van der Waals surface area contributed by atoms with E-state index in [0.717, 1.165) is 16.5 Å². The molecule has 0 unspecified atom stereocenters. The van der Waals surface area contributed by atoms with E-state index in [2.05, 4.69) is 15.0 Å². The van der Waals surface area contributed by atoms with Crippen molar-refractivity contribution in [3.63, 3.8) is 0 Å². The van der Waals surface area contributed by atoms with E-state index >= 15 is 0 Å². The summed E-state index contributed by atoms with van der Waals surface area (Å²) in [6, 6.07) is 12.8. The first-order valence-electron chi connectivity index (χ1n) is 7.50. The van der Waals surface area contributed by atoms with Crippen molar-refractivity contribution in [2.45, 2.75) is 0 Å². The summed E-state index contributed by atoms with van der Waals surface area (Å²) in [6.45, 7) is 0. The summed E-state index contributed by atoms with van der Waals surface area (Å²) < 4.78 is 0. The van der Waals surface area contributed by atoms with E-state index in [1.165, 1.54) is 0 Å². The van der Waals surface area contributed by atoms with Crippen LogP contribution in [0.3, 0.4) is 0 Å². The SMILES string of the molecule is Nc1cccc(C(=O)c2c[nH]c3ncc(-c4cccnc4)cc23)c1. The number of pyridine rings is 2. The lowest BCUT2D eigenvalue weighted by molar-refractivity contribution is 0.104. The molecule has 0 amide bonds. The molecular weight excluding hydrogens is 300 g/mol. The number of aromatic nitrogens is 3. The molecule has 0 radical (unpaired) electrons. The van der Waals surface area contributed by atoms with Gasteiger partial charge in [-0.05, 0) is 24.3 Å². The number of rotatable bonds is 3. The third-order valence-electron chi connectivity index (χ3n) is 3.92. The van der Waals surface area contributed by atoms with Crippen LogP contribution in [-0.2, 0) is 0 Å². The number of nitrogens with one attached hydrogen (secondary N) is 1. The molecule has 1 aromatic carbocycles. The highest BCUT2D eigenvalue weighted by molar-refractivity contribution is 6.16. The van der Waals surface area contributed by atoms with Crippen molar-refractivity contribution in [1.29, 1.82) is 0 Å². The number of nitrogen functional groups attached to an aromatic ring is 1. The smallest absolute Gasteiger partial charge is 0.195 e. The molecule has 0 bridgehead atoms. The Morgan fingerprint density at radius 1 is 1.04 bits per heavy atom. The second-order valence-electron chi connectivity index (χ2n) is 5.52. The Balaban J connectivity index is 1.83. The molecule has 0 aliphatic rings. The van der Waals surface area contributed by atoms with Gasteiger partial charge in [-0.2, -0.15) is 0 Å². The van der Waals surface area contributed by atoms with Crippen LogP contribution >= 0.6 is 0 Å². The van der Waals surface area contributed by atoms with E-state index in [0.29, 0.717) is 22.5 Å². The molecule has 0 aliphatic heterocycles. The first-order chi connectivity index (χ1) is 11.7. The van der Waals surface area contributed by atoms with E-state index in [1.54, 1.807) is 49.1 Å². The number of ketones is 1. The molecule has 0 spiro atoms. The van der Waals surface area contributed by atoms with Crippen LogP contribution < -0.4 is 5.73 Å². The fourth-order valence-corrected chi connectivity index (χ4v) is 2.72. The minimum Gasteiger partial charge on any atom is -0.399 e. The number of carbonyl (C=O) groups is 1. The number of hydrogen-bond acceptors (Lipinski definition) is 4. The van der Waals surface area contributed by atoms with E-state index in [4.69, 9.17) is 5.73 Å².